The van der Waals surface area contributed by atoms with Crippen molar-refractivity contribution in [3.8, 4) is 0 Å². The molecule has 0 N–H and O–H groups in total. The Hall–Kier alpha value is -0.0400. The van der Waals surface area contributed by atoms with E-state index in [4.69, 9.17) is 0 Å². The molecule has 2 saturated heterocycles. The summed E-state index contributed by atoms with van der Waals surface area (Å²) in [6.45, 7) is 8.60. The summed E-state index contributed by atoms with van der Waals surface area (Å²) in [5.41, 5.74) is 0.485. The Morgan fingerprint density at radius 2 is 2.08 bits per heavy atom. The predicted molar refractivity (Wildman–Crippen MR) is 52.2 cm³/mol. The van der Waals surface area contributed by atoms with E-state index in [0.29, 0.717) is 5.54 Å². The van der Waals surface area contributed by atoms with Gasteiger partial charge in [-0.3, -0.25) is 4.90 Å². The van der Waals surface area contributed by atoms with Crippen molar-refractivity contribution in [1.82, 2.24) is 4.90 Å². The zero-order valence-electron chi connectivity index (χ0n) is 8.64. The van der Waals surface area contributed by atoms with Gasteiger partial charge in [0.1, 0.15) is 0 Å². The molecule has 2 rings (SSSR count). The van der Waals surface area contributed by atoms with Gasteiger partial charge >= 0.3 is 0 Å². The zero-order valence-corrected chi connectivity index (χ0v) is 8.64. The van der Waals surface area contributed by atoms with Crippen molar-refractivity contribution in [1.29, 1.82) is 0 Å². The van der Waals surface area contributed by atoms with E-state index in [1.807, 2.05) is 0 Å². The number of nitrogens with zero attached hydrogens (tertiary/aromatic N) is 1. The van der Waals surface area contributed by atoms with Gasteiger partial charge in [0.15, 0.2) is 0 Å². The van der Waals surface area contributed by atoms with Crippen LogP contribution in [0.1, 0.15) is 46.5 Å². The van der Waals surface area contributed by atoms with Gasteiger partial charge in [-0.1, -0.05) is 6.92 Å². The fourth-order valence-corrected chi connectivity index (χ4v) is 3.40. The molecule has 0 amide bonds. The minimum Gasteiger partial charge on any atom is -0.295 e. The average Bonchev–Trinajstić information content (AvgIpc) is 2.32. The Balaban J connectivity index is 2.15. The summed E-state index contributed by atoms with van der Waals surface area (Å²) in [5, 5.41) is 0. The summed E-state index contributed by atoms with van der Waals surface area (Å²) in [5.74, 6) is 0.944. The lowest BCUT2D eigenvalue weighted by molar-refractivity contribution is 0.0304. The molecule has 0 radical (unpaired) electrons. The fourth-order valence-electron chi connectivity index (χ4n) is 3.40. The molecule has 0 spiro atoms. The Kier molecular flexibility index (Phi) is 1.95. The van der Waals surface area contributed by atoms with Gasteiger partial charge in [0.25, 0.3) is 0 Å². The van der Waals surface area contributed by atoms with Crippen LogP contribution in [0, 0.1) is 5.92 Å². The van der Waals surface area contributed by atoms with Crippen LogP contribution in [0.5, 0.6) is 0 Å². The van der Waals surface area contributed by atoms with Gasteiger partial charge in [-0.25, -0.2) is 0 Å². The van der Waals surface area contributed by atoms with E-state index < -0.39 is 0 Å². The number of hydrogen-bond acceptors (Lipinski definition) is 1. The van der Waals surface area contributed by atoms with Crippen LogP contribution in [0.4, 0.5) is 0 Å². The van der Waals surface area contributed by atoms with Crippen molar-refractivity contribution >= 4 is 0 Å². The molecule has 0 aromatic heterocycles. The lowest BCUT2D eigenvalue weighted by atomic mass is 9.81. The third-order valence-electron chi connectivity index (χ3n) is 3.68. The number of piperidine rings is 1. The van der Waals surface area contributed by atoms with E-state index in [2.05, 4.69) is 25.7 Å². The molecule has 0 saturated carbocycles. The molecule has 70 valence electrons. The van der Waals surface area contributed by atoms with Crippen LogP contribution in [-0.2, 0) is 0 Å². The molecule has 2 aliphatic heterocycles. The van der Waals surface area contributed by atoms with Gasteiger partial charge in [-0.15, -0.1) is 0 Å². The third kappa shape index (κ3) is 1.28. The van der Waals surface area contributed by atoms with Gasteiger partial charge in [0, 0.05) is 11.6 Å². The minimum absolute atomic E-state index is 0.485. The van der Waals surface area contributed by atoms with Crippen LogP contribution in [0.2, 0.25) is 0 Å². The van der Waals surface area contributed by atoms with Crippen molar-refractivity contribution < 1.29 is 0 Å². The van der Waals surface area contributed by atoms with Gasteiger partial charge in [0.2, 0.25) is 0 Å². The third-order valence-corrected chi connectivity index (χ3v) is 3.68. The van der Waals surface area contributed by atoms with Crippen LogP contribution in [0.3, 0.4) is 0 Å². The molecule has 2 unspecified atom stereocenters. The highest BCUT2D eigenvalue weighted by molar-refractivity contribution is 4.96. The molecule has 1 nitrogen and oxygen atoms in total. The summed E-state index contributed by atoms with van der Waals surface area (Å²) >= 11 is 0. The highest BCUT2D eigenvalue weighted by Crippen LogP contribution is 2.39. The average molecular weight is 167 g/mol. The lowest BCUT2D eigenvalue weighted by Crippen LogP contribution is -2.51. The monoisotopic (exact) mass is 167 g/mol. The maximum atomic E-state index is 2.74. The van der Waals surface area contributed by atoms with Crippen LogP contribution >= 0.6 is 0 Å². The Morgan fingerprint density at radius 3 is 2.83 bits per heavy atom. The smallest absolute Gasteiger partial charge is 0.0158 e. The molecule has 2 aliphatic rings. The molecule has 0 aromatic rings. The normalized spacial score (nSPS) is 41.2. The first-order valence-electron chi connectivity index (χ1n) is 5.36. The van der Waals surface area contributed by atoms with Crippen LogP contribution in [0.15, 0.2) is 0 Å². The fraction of sp³-hybridized carbons (Fsp3) is 1.00. The first-order valence-corrected chi connectivity index (χ1v) is 5.36. The lowest BCUT2D eigenvalue weighted by Gasteiger charge is -2.47. The van der Waals surface area contributed by atoms with Gasteiger partial charge in [0.05, 0.1) is 0 Å². The maximum absolute atomic E-state index is 2.74. The molecular formula is C11H21N. The maximum Gasteiger partial charge on any atom is 0.0158 e. The van der Waals surface area contributed by atoms with Crippen LogP contribution < -0.4 is 0 Å². The summed E-state index contributed by atoms with van der Waals surface area (Å²) < 4.78 is 0. The van der Waals surface area contributed by atoms with E-state index in [1.165, 1.54) is 32.2 Å². The van der Waals surface area contributed by atoms with Crippen LogP contribution in [0.25, 0.3) is 0 Å². The van der Waals surface area contributed by atoms with E-state index in [1.54, 1.807) is 0 Å². The van der Waals surface area contributed by atoms with Crippen molar-refractivity contribution in [2.75, 3.05) is 6.54 Å². The predicted octanol–water partition coefficient (Wildman–Crippen LogP) is 2.66. The van der Waals surface area contributed by atoms with Crippen molar-refractivity contribution in [2.45, 2.75) is 58.0 Å². The van der Waals surface area contributed by atoms with Crippen molar-refractivity contribution in [2.24, 2.45) is 5.92 Å². The number of fused-ring (bicyclic) bond motifs is 1. The summed E-state index contributed by atoms with van der Waals surface area (Å²) in [6, 6.07) is 0.920. The zero-order chi connectivity index (χ0) is 8.77. The summed E-state index contributed by atoms with van der Waals surface area (Å²) in [7, 11) is 0. The summed E-state index contributed by atoms with van der Waals surface area (Å²) in [6.07, 6.45) is 5.72. The molecular weight excluding hydrogens is 146 g/mol. The molecule has 2 atom stereocenters. The van der Waals surface area contributed by atoms with Gasteiger partial charge in [-0.05, 0) is 52.0 Å². The number of hydrogen-bond donors (Lipinski definition) is 0. The highest BCUT2D eigenvalue weighted by Gasteiger charge is 2.41. The molecule has 1 heteroatoms. The minimum atomic E-state index is 0.485. The van der Waals surface area contributed by atoms with Crippen molar-refractivity contribution in [3.63, 3.8) is 0 Å². The van der Waals surface area contributed by atoms with E-state index >= 15 is 0 Å². The Labute approximate surface area is 76.1 Å². The molecule has 0 aliphatic carbocycles. The topological polar surface area (TPSA) is 3.24 Å². The van der Waals surface area contributed by atoms with Crippen LogP contribution in [-0.4, -0.2) is 23.0 Å². The Morgan fingerprint density at radius 1 is 1.33 bits per heavy atom. The van der Waals surface area contributed by atoms with E-state index in [9.17, 15) is 0 Å². The largest absolute Gasteiger partial charge is 0.295 e. The SMILES string of the molecule is CC1CC2CCCN2C(C)(C)C1. The highest BCUT2D eigenvalue weighted by atomic mass is 15.2. The van der Waals surface area contributed by atoms with Gasteiger partial charge < -0.3 is 0 Å². The molecule has 0 bridgehead atoms. The van der Waals surface area contributed by atoms with Gasteiger partial charge in [-0.2, -0.15) is 0 Å². The van der Waals surface area contributed by atoms with E-state index in [-0.39, 0.29) is 0 Å². The molecule has 2 fully saturated rings. The molecule has 0 aromatic carbocycles. The second kappa shape index (κ2) is 2.73. The quantitative estimate of drug-likeness (QED) is 0.536. The second-order valence-corrected chi connectivity index (χ2v) is 5.35. The Bertz CT molecular complexity index is 174. The van der Waals surface area contributed by atoms with Crippen molar-refractivity contribution in [3.05, 3.63) is 0 Å². The molecule has 12 heavy (non-hydrogen) atoms. The first kappa shape index (κ1) is 8.55. The molecule has 2 heterocycles. The summed E-state index contributed by atoms with van der Waals surface area (Å²) in [4.78, 5) is 2.74. The first-order chi connectivity index (χ1) is 5.59. The standard InChI is InChI=1S/C11H21N/c1-9-7-10-5-4-6-12(10)11(2,3)8-9/h9-10H,4-8H2,1-3H3. The number of rotatable bonds is 0. The second-order valence-electron chi connectivity index (χ2n) is 5.35. The van der Waals surface area contributed by atoms with E-state index in [0.717, 1.165) is 12.0 Å².